The summed E-state index contributed by atoms with van der Waals surface area (Å²) in [6, 6.07) is 14.3. The predicted molar refractivity (Wildman–Crippen MR) is 113 cm³/mol. The number of methoxy groups -OCH3 is 1. The van der Waals surface area contributed by atoms with Crippen LogP contribution in [0.5, 0.6) is 5.75 Å². The third-order valence-corrected chi connectivity index (χ3v) is 4.93. The maximum Gasteiger partial charge on any atom is 0.255 e. The van der Waals surface area contributed by atoms with Gasteiger partial charge in [-0.2, -0.15) is 0 Å². The van der Waals surface area contributed by atoms with Crippen molar-refractivity contribution in [3.05, 3.63) is 59.7 Å². The molecule has 0 saturated carbocycles. The van der Waals surface area contributed by atoms with Crippen LogP contribution in [-0.2, 0) is 11.2 Å². The smallest absolute Gasteiger partial charge is 0.255 e. The number of hydrogen-bond acceptors (Lipinski definition) is 5. The molecule has 0 atom stereocenters. The van der Waals surface area contributed by atoms with E-state index in [2.05, 4.69) is 20.9 Å². The summed E-state index contributed by atoms with van der Waals surface area (Å²) >= 11 is 0. The number of piperazine rings is 1. The van der Waals surface area contributed by atoms with Gasteiger partial charge in [-0.25, -0.2) is 0 Å². The molecule has 3 rings (SSSR count). The SMILES string of the molecule is COc1ccc(C(=O)Nc2ccccc2CC(=O)NCCN2CCNCC2)cc1. The average Bonchev–Trinajstić information content (AvgIpc) is 2.76. The Morgan fingerprint density at radius 1 is 1.07 bits per heavy atom. The Balaban J connectivity index is 1.53. The molecule has 0 unspecified atom stereocenters. The van der Waals surface area contributed by atoms with Crippen LogP contribution >= 0.6 is 0 Å². The van der Waals surface area contributed by atoms with Crippen LogP contribution in [0.25, 0.3) is 0 Å². The Hall–Kier alpha value is -2.90. The van der Waals surface area contributed by atoms with Crippen molar-refractivity contribution in [1.29, 1.82) is 0 Å². The summed E-state index contributed by atoms with van der Waals surface area (Å²) in [5.41, 5.74) is 1.96. The van der Waals surface area contributed by atoms with Crippen LogP contribution < -0.4 is 20.7 Å². The fourth-order valence-electron chi connectivity index (χ4n) is 3.26. The Morgan fingerprint density at radius 2 is 1.79 bits per heavy atom. The standard InChI is InChI=1S/C22H28N4O3/c1-29-19-8-6-17(7-9-19)22(28)25-20-5-3-2-4-18(20)16-21(27)24-12-15-26-13-10-23-11-14-26/h2-9,23H,10-16H2,1H3,(H,24,27)(H,25,28). The van der Waals surface area contributed by atoms with E-state index in [4.69, 9.17) is 4.74 Å². The van der Waals surface area contributed by atoms with E-state index >= 15 is 0 Å². The number of carbonyl (C=O) groups excluding carboxylic acids is 2. The van der Waals surface area contributed by atoms with E-state index in [1.54, 1.807) is 31.4 Å². The number of carbonyl (C=O) groups is 2. The van der Waals surface area contributed by atoms with Crippen molar-refractivity contribution in [2.45, 2.75) is 6.42 Å². The first-order valence-corrected chi connectivity index (χ1v) is 9.89. The van der Waals surface area contributed by atoms with Crippen LogP contribution in [0.2, 0.25) is 0 Å². The van der Waals surface area contributed by atoms with Gasteiger partial charge in [-0.15, -0.1) is 0 Å². The molecular formula is C22H28N4O3. The Kier molecular flexibility index (Phi) is 7.61. The summed E-state index contributed by atoms with van der Waals surface area (Å²) in [4.78, 5) is 27.2. The van der Waals surface area contributed by atoms with Gasteiger partial charge in [0.25, 0.3) is 5.91 Å². The molecule has 2 aromatic rings. The number of benzene rings is 2. The van der Waals surface area contributed by atoms with E-state index in [-0.39, 0.29) is 18.2 Å². The van der Waals surface area contributed by atoms with Crippen molar-refractivity contribution in [3.8, 4) is 5.75 Å². The van der Waals surface area contributed by atoms with Gasteiger partial charge in [0.1, 0.15) is 5.75 Å². The van der Waals surface area contributed by atoms with E-state index in [1.807, 2.05) is 24.3 Å². The highest BCUT2D eigenvalue weighted by Crippen LogP contribution is 2.18. The summed E-state index contributed by atoms with van der Waals surface area (Å²) in [7, 11) is 1.58. The normalized spacial score (nSPS) is 14.2. The lowest BCUT2D eigenvalue weighted by atomic mass is 10.1. The van der Waals surface area contributed by atoms with Gasteiger partial charge in [-0.3, -0.25) is 14.5 Å². The topological polar surface area (TPSA) is 82.7 Å². The highest BCUT2D eigenvalue weighted by Gasteiger charge is 2.13. The molecule has 7 nitrogen and oxygen atoms in total. The van der Waals surface area contributed by atoms with Gasteiger partial charge < -0.3 is 20.7 Å². The molecule has 1 aliphatic rings. The molecule has 0 radical (unpaired) electrons. The molecule has 3 N–H and O–H groups in total. The molecule has 1 fully saturated rings. The molecule has 1 saturated heterocycles. The zero-order valence-corrected chi connectivity index (χ0v) is 16.7. The summed E-state index contributed by atoms with van der Waals surface area (Å²) in [5, 5.41) is 9.19. The van der Waals surface area contributed by atoms with Gasteiger partial charge in [0.15, 0.2) is 0 Å². The molecule has 29 heavy (non-hydrogen) atoms. The number of nitrogens with one attached hydrogen (secondary N) is 3. The second-order valence-electron chi connectivity index (χ2n) is 6.96. The lowest BCUT2D eigenvalue weighted by molar-refractivity contribution is -0.120. The third-order valence-electron chi connectivity index (χ3n) is 4.93. The van der Waals surface area contributed by atoms with E-state index in [9.17, 15) is 9.59 Å². The molecule has 0 aromatic heterocycles. The van der Waals surface area contributed by atoms with E-state index in [0.717, 1.165) is 38.3 Å². The van der Waals surface area contributed by atoms with Crippen LogP contribution in [0, 0.1) is 0 Å². The van der Waals surface area contributed by atoms with Crippen molar-refractivity contribution in [2.24, 2.45) is 0 Å². The molecule has 0 aliphatic carbocycles. The highest BCUT2D eigenvalue weighted by atomic mass is 16.5. The van der Waals surface area contributed by atoms with Crippen molar-refractivity contribution < 1.29 is 14.3 Å². The van der Waals surface area contributed by atoms with E-state index < -0.39 is 0 Å². The number of rotatable bonds is 8. The second kappa shape index (κ2) is 10.6. The van der Waals surface area contributed by atoms with Crippen molar-refractivity contribution in [3.63, 3.8) is 0 Å². The Morgan fingerprint density at radius 3 is 2.52 bits per heavy atom. The number of para-hydroxylation sites is 1. The molecule has 2 aromatic carbocycles. The van der Waals surface area contributed by atoms with Gasteiger partial charge >= 0.3 is 0 Å². The lowest BCUT2D eigenvalue weighted by Crippen LogP contribution is -2.46. The Labute approximate surface area is 171 Å². The Bertz CT molecular complexity index is 817. The van der Waals surface area contributed by atoms with Gasteiger partial charge in [0.2, 0.25) is 5.91 Å². The summed E-state index contributed by atoms with van der Waals surface area (Å²) in [6.07, 6.45) is 0.223. The minimum absolute atomic E-state index is 0.0497. The van der Waals surface area contributed by atoms with Crippen LogP contribution in [-0.4, -0.2) is 63.1 Å². The first-order valence-electron chi connectivity index (χ1n) is 9.89. The average molecular weight is 396 g/mol. The van der Waals surface area contributed by atoms with E-state index in [0.29, 0.717) is 23.5 Å². The molecular weight excluding hydrogens is 368 g/mol. The minimum Gasteiger partial charge on any atom is -0.497 e. The molecule has 0 spiro atoms. The summed E-state index contributed by atoms with van der Waals surface area (Å²) in [6.45, 7) is 5.49. The summed E-state index contributed by atoms with van der Waals surface area (Å²) < 4.78 is 5.12. The number of amides is 2. The van der Waals surface area contributed by atoms with Gasteiger partial charge in [-0.1, -0.05) is 18.2 Å². The van der Waals surface area contributed by atoms with Gasteiger partial charge in [0, 0.05) is 50.5 Å². The molecule has 0 bridgehead atoms. The fraction of sp³-hybridized carbons (Fsp3) is 0.364. The lowest BCUT2D eigenvalue weighted by Gasteiger charge is -2.27. The van der Waals surface area contributed by atoms with Gasteiger partial charge in [0.05, 0.1) is 13.5 Å². The van der Waals surface area contributed by atoms with Crippen LogP contribution in [0.15, 0.2) is 48.5 Å². The monoisotopic (exact) mass is 396 g/mol. The second-order valence-corrected chi connectivity index (χ2v) is 6.96. The van der Waals surface area contributed by atoms with Crippen LogP contribution in [0.1, 0.15) is 15.9 Å². The van der Waals surface area contributed by atoms with E-state index in [1.165, 1.54) is 0 Å². The molecule has 154 valence electrons. The quantitative estimate of drug-likeness (QED) is 0.630. The number of anilines is 1. The number of nitrogens with zero attached hydrogens (tertiary/aromatic N) is 1. The first kappa shape index (κ1) is 20.8. The fourth-order valence-corrected chi connectivity index (χ4v) is 3.26. The molecule has 7 heteroatoms. The van der Waals surface area contributed by atoms with Crippen molar-refractivity contribution in [2.75, 3.05) is 51.7 Å². The molecule has 2 amide bonds. The zero-order chi connectivity index (χ0) is 20.5. The number of hydrogen-bond donors (Lipinski definition) is 3. The van der Waals surface area contributed by atoms with Crippen molar-refractivity contribution in [1.82, 2.24) is 15.5 Å². The van der Waals surface area contributed by atoms with Crippen LogP contribution in [0.3, 0.4) is 0 Å². The van der Waals surface area contributed by atoms with Crippen LogP contribution in [0.4, 0.5) is 5.69 Å². The van der Waals surface area contributed by atoms with Gasteiger partial charge in [-0.05, 0) is 35.9 Å². The summed E-state index contributed by atoms with van der Waals surface area (Å²) in [5.74, 6) is 0.421. The highest BCUT2D eigenvalue weighted by molar-refractivity contribution is 6.05. The minimum atomic E-state index is -0.223. The molecule has 1 heterocycles. The zero-order valence-electron chi connectivity index (χ0n) is 16.7. The third kappa shape index (κ3) is 6.30. The largest absolute Gasteiger partial charge is 0.497 e. The first-order chi connectivity index (χ1) is 14.2. The van der Waals surface area contributed by atoms with Crippen molar-refractivity contribution >= 4 is 17.5 Å². The predicted octanol–water partition coefficient (Wildman–Crippen LogP) is 1.51. The molecule has 1 aliphatic heterocycles. The maximum absolute atomic E-state index is 12.5. The number of ether oxygens (including phenoxy) is 1. The maximum atomic E-state index is 12.5.